The van der Waals surface area contributed by atoms with Gasteiger partial charge < -0.3 is 5.32 Å². The number of hydrogen-bond acceptors (Lipinski definition) is 3. The lowest BCUT2D eigenvalue weighted by Gasteiger charge is -2.11. The molecule has 0 spiro atoms. The van der Waals surface area contributed by atoms with Crippen molar-refractivity contribution >= 4 is 28.6 Å². The Labute approximate surface area is 123 Å². The first-order valence-electron chi connectivity index (χ1n) is 5.81. The molecular weight excluding hydrogens is 309 g/mol. The van der Waals surface area contributed by atoms with Crippen LogP contribution in [-0.2, 0) is 12.7 Å². The van der Waals surface area contributed by atoms with E-state index in [2.05, 4.69) is 10.3 Å². The van der Waals surface area contributed by atoms with Gasteiger partial charge in [-0.3, -0.25) is 0 Å². The van der Waals surface area contributed by atoms with Gasteiger partial charge in [-0.2, -0.15) is 13.2 Å². The van der Waals surface area contributed by atoms with Gasteiger partial charge in [-0.15, -0.1) is 11.3 Å². The molecule has 1 heterocycles. The van der Waals surface area contributed by atoms with Crippen LogP contribution < -0.4 is 5.32 Å². The summed E-state index contributed by atoms with van der Waals surface area (Å²) in [6.45, 7) is 4.30. The van der Waals surface area contributed by atoms with Crippen LogP contribution in [-0.4, -0.2) is 4.98 Å². The first-order valence-corrected chi connectivity index (χ1v) is 7.00. The molecular formula is C13H12ClF3N2S. The maximum absolute atomic E-state index is 12.5. The molecule has 20 heavy (non-hydrogen) atoms. The number of rotatable bonds is 3. The van der Waals surface area contributed by atoms with Gasteiger partial charge in [-0.25, -0.2) is 4.98 Å². The van der Waals surface area contributed by atoms with Crippen LogP contribution in [0.3, 0.4) is 0 Å². The predicted octanol–water partition coefficient (Wildman–Crippen LogP) is 5.04. The molecule has 2 nitrogen and oxygen atoms in total. The van der Waals surface area contributed by atoms with Crippen molar-refractivity contribution in [2.24, 2.45) is 0 Å². The van der Waals surface area contributed by atoms with Gasteiger partial charge in [0.15, 0.2) is 0 Å². The fourth-order valence-electron chi connectivity index (χ4n) is 1.75. The van der Waals surface area contributed by atoms with E-state index in [0.717, 1.165) is 27.7 Å². The SMILES string of the molecule is Cc1nc(C)c(CNc2ccc(C(F)(F)F)cc2Cl)s1. The van der Waals surface area contributed by atoms with E-state index in [4.69, 9.17) is 11.6 Å². The highest BCUT2D eigenvalue weighted by atomic mass is 35.5. The maximum Gasteiger partial charge on any atom is 0.416 e. The maximum atomic E-state index is 12.5. The van der Waals surface area contributed by atoms with Crippen LogP contribution in [0.1, 0.15) is 21.1 Å². The Morgan fingerprint density at radius 2 is 2.00 bits per heavy atom. The van der Waals surface area contributed by atoms with Crippen molar-refractivity contribution in [3.8, 4) is 0 Å². The lowest BCUT2D eigenvalue weighted by molar-refractivity contribution is -0.137. The van der Waals surface area contributed by atoms with E-state index in [1.807, 2.05) is 13.8 Å². The normalized spacial score (nSPS) is 11.7. The van der Waals surface area contributed by atoms with Gasteiger partial charge in [0.25, 0.3) is 0 Å². The van der Waals surface area contributed by atoms with Gasteiger partial charge in [0.1, 0.15) is 0 Å². The highest BCUT2D eigenvalue weighted by Crippen LogP contribution is 2.34. The molecule has 7 heteroatoms. The standard InChI is InChI=1S/C13H12ClF3N2S/c1-7-12(20-8(2)19-7)6-18-11-4-3-9(5-10(11)14)13(15,16)17/h3-5,18H,6H2,1-2H3. The number of thiazole rings is 1. The first-order chi connectivity index (χ1) is 9.27. The smallest absolute Gasteiger partial charge is 0.379 e. The summed E-state index contributed by atoms with van der Waals surface area (Å²) < 4.78 is 37.6. The van der Waals surface area contributed by atoms with Gasteiger partial charge in [0, 0.05) is 4.88 Å². The number of alkyl halides is 3. The summed E-state index contributed by atoms with van der Waals surface area (Å²) in [6.07, 6.45) is -4.38. The van der Waals surface area contributed by atoms with Crippen LogP contribution in [0.5, 0.6) is 0 Å². The third kappa shape index (κ3) is 3.43. The van der Waals surface area contributed by atoms with Gasteiger partial charge in [-0.1, -0.05) is 11.6 Å². The highest BCUT2D eigenvalue weighted by molar-refractivity contribution is 7.11. The Kier molecular flexibility index (Phi) is 4.25. The van der Waals surface area contributed by atoms with Crippen molar-refractivity contribution in [2.75, 3.05) is 5.32 Å². The Bertz CT molecular complexity index is 623. The predicted molar refractivity (Wildman–Crippen MR) is 75.4 cm³/mol. The molecule has 0 amide bonds. The second-order valence-corrected chi connectivity index (χ2v) is 5.98. The number of aromatic nitrogens is 1. The minimum atomic E-state index is -4.38. The van der Waals surface area contributed by atoms with E-state index in [0.29, 0.717) is 12.2 Å². The average Bonchev–Trinajstić information content (AvgIpc) is 2.65. The van der Waals surface area contributed by atoms with Crippen molar-refractivity contribution < 1.29 is 13.2 Å². The van der Waals surface area contributed by atoms with Gasteiger partial charge in [-0.05, 0) is 32.0 Å². The second-order valence-electron chi connectivity index (χ2n) is 4.29. The summed E-state index contributed by atoms with van der Waals surface area (Å²) in [5, 5.41) is 4.04. The molecule has 0 saturated heterocycles. The lowest BCUT2D eigenvalue weighted by atomic mass is 10.2. The van der Waals surface area contributed by atoms with E-state index in [-0.39, 0.29) is 5.02 Å². The zero-order valence-corrected chi connectivity index (χ0v) is 12.4. The van der Waals surface area contributed by atoms with E-state index in [9.17, 15) is 13.2 Å². The van der Waals surface area contributed by atoms with Crippen molar-refractivity contribution in [3.63, 3.8) is 0 Å². The molecule has 1 aromatic carbocycles. The molecule has 0 saturated carbocycles. The van der Waals surface area contributed by atoms with Crippen LogP contribution in [0.4, 0.5) is 18.9 Å². The molecule has 2 rings (SSSR count). The summed E-state index contributed by atoms with van der Waals surface area (Å²) in [6, 6.07) is 3.28. The molecule has 108 valence electrons. The Balaban J connectivity index is 2.13. The first kappa shape index (κ1) is 15.1. The number of anilines is 1. The molecule has 1 aromatic heterocycles. The Morgan fingerprint density at radius 1 is 1.30 bits per heavy atom. The number of nitrogens with zero attached hydrogens (tertiary/aromatic N) is 1. The second kappa shape index (κ2) is 5.61. The number of nitrogens with one attached hydrogen (secondary N) is 1. The van der Waals surface area contributed by atoms with Gasteiger partial charge >= 0.3 is 6.18 Å². The van der Waals surface area contributed by atoms with E-state index in [1.165, 1.54) is 6.07 Å². The number of halogens is 4. The van der Waals surface area contributed by atoms with Crippen LogP contribution in [0, 0.1) is 13.8 Å². The number of aryl methyl sites for hydroxylation is 2. The monoisotopic (exact) mass is 320 g/mol. The summed E-state index contributed by atoms with van der Waals surface area (Å²) >= 11 is 7.42. The molecule has 0 aliphatic heterocycles. The van der Waals surface area contributed by atoms with Crippen LogP contribution >= 0.6 is 22.9 Å². The fraction of sp³-hybridized carbons (Fsp3) is 0.308. The summed E-state index contributed by atoms with van der Waals surface area (Å²) in [5.41, 5.74) is 0.644. The minimum absolute atomic E-state index is 0.0544. The van der Waals surface area contributed by atoms with Gasteiger partial charge in [0.05, 0.1) is 33.5 Å². The van der Waals surface area contributed by atoms with E-state index < -0.39 is 11.7 Å². The number of hydrogen-bond donors (Lipinski definition) is 1. The molecule has 0 atom stereocenters. The molecule has 0 radical (unpaired) electrons. The molecule has 0 aliphatic rings. The van der Waals surface area contributed by atoms with Crippen molar-refractivity contribution in [2.45, 2.75) is 26.6 Å². The molecule has 0 fully saturated rings. The molecule has 0 unspecified atom stereocenters. The van der Waals surface area contributed by atoms with Crippen molar-refractivity contribution in [1.82, 2.24) is 4.98 Å². The van der Waals surface area contributed by atoms with Crippen molar-refractivity contribution in [3.05, 3.63) is 44.4 Å². The number of benzene rings is 1. The topological polar surface area (TPSA) is 24.9 Å². The quantitative estimate of drug-likeness (QED) is 0.856. The zero-order valence-electron chi connectivity index (χ0n) is 10.8. The molecule has 0 aliphatic carbocycles. The van der Waals surface area contributed by atoms with Gasteiger partial charge in [0.2, 0.25) is 0 Å². The summed E-state index contributed by atoms with van der Waals surface area (Å²) in [7, 11) is 0. The molecule has 1 N–H and O–H groups in total. The largest absolute Gasteiger partial charge is 0.416 e. The third-order valence-electron chi connectivity index (χ3n) is 2.74. The summed E-state index contributed by atoms with van der Waals surface area (Å²) in [5.74, 6) is 0. The van der Waals surface area contributed by atoms with Crippen molar-refractivity contribution in [1.29, 1.82) is 0 Å². The zero-order chi connectivity index (χ0) is 14.9. The highest BCUT2D eigenvalue weighted by Gasteiger charge is 2.30. The molecule has 0 bridgehead atoms. The van der Waals surface area contributed by atoms with Crippen LogP contribution in [0.25, 0.3) is 0 Å². The fourth-order valence-corrected chi connectivity index (χ4v) is 2.87. The average molecular weight is 321 g/mol. The van der Waals surface area contributed by atoms with E-state index >= 15 is 0 Å². The van der Waals surface area contributed by atoms with E-state index in [1.54, 1.807) is 11.3 Å². The Hall–Kier alpha value is -1.27. The summed E-state index contributed by atoms with van der Waals surface area (Å²) in [4.78, 5) is 5.33. The third-order valence-corrected chi connectivity index (χ3v) is 4.12. The molecule has 2 aromatic rings. The van der Waals surface area contributed by atoms with Crippen LogP contribution in [0.2, 0.25) is 5.02 Å². The lowest BCUT2D eigenvalue weighted by Crippen LogP contribution is -2.06. The Morgan fingerprint density at radius 3 is 2.50 bits per heavy atom. The van der Waals surface area contributed by atoms with Crippen LogP contribution in [0.15, 0.2) is 18.2 Å². The minimum Gasteiger partial charge on any atom is -0.379 e.